The molecule has 2 rings (SSSR count). The van der Waals surface area contributed by atoms with Crippen molar-refractivity contribution in [3.63, 3.8) is 0 Å². The largest absolute Gasteiger partial charge is 0.493 e. The maximum Gasteiger partial charge on any atom is 0.253 e. The summed E-state index contributed by atoms with van der Waals surface area (Å²) in [6, 6.07) is 7.54. The van der Waals surface area contributed by atoms with E-state index in [1.165, 1.54) is 0 Å². The van der Waals surface area contributed by atoms with Crippen molar-refractivity contribution in [1.82, 2.24) is 10.3 Å². The molecule has 0 aliphatic carbocycles. The third-order valence-corrected chi connectivity index (χ3v) is 3.35. The first-order valence-corrected chi connectivity index (χ1v) is 6.78. The SMILES string of the molecule is COc1ccc(CCNC(=O)c2cc[nH]c2C)cc1OC. The van der Waals surface area contributed by atoms with E-state index in [1.54, 1.807) is 26.5 Å². The molecule has 1 aromatic carbocycles. The van der Waals surface area contributed by atoms with E-state index in [-0.39, 0.29) is 5.91 Å². The van der Waals surface area contributed by atoms with Gasteiger partial charge in [0.2, 0.25) is 0 Å². The lowest BCUT2D eigenvalue weighted by atomic mass is 10.1. The number of ether oxygens (including phenoxy) is 2. The van der Waals surface area contributed by atoms with E-state index in [4.69, 9.17) is 9.47 Å². The van der Waals surface area contributed by atoms with Crippen LogP contribution in [0.2, 0.25) is 0 Å². The molecule has 0 radical (unpaired) electrons. The minimum atomic E-state index is -0.0609. The van der Waals surface area contributed by atoms with Gasteiger partial charge in [-0.1, -0.05) is 6.07 Å². The van der Waals surface area contributed by atoms with Gasteiger partial charge < -0.3 is 19.8 Å². The summed E-state index contributed by atoms with van der Waals surface area (Å²) < 4.78 is 10.5. The van der Waals surface area contributed by atoms with Gasteiger partial charge in [0, 0.05) is 18.4 Å². The normalized spacial score (nSPS) is 10.2. The maximum atomic E-state index is 12.0. The van der Waals surface area contributed by atoms with E-state index in [9.17, 15) is 4.79 Å². The van der Waals surface area contributed by atoms with Gasteiger partial charge in [0.05, 0.1) is 19.8 Å². The fourth-order valence-corrected chi connectivity index (χ4v) is 2.15. The summed E-state index contributed by atoms with van der Waals surface area (Å²) >= 11 is 0. The lowest BCUT2D eigenvalue weighted by molar-refractivity contribution is 0.0953. The van der Waals surface area contributed by atoms with Crippen molar-refractivity contribution in [1.29, 1.82) is 0 Å². The van der Waals surface area contributed by atoms with Crippen molar-refractivity contribution >= 4 is 5.91 Å². The average molecular weight is 288 g/mol. The highest BCUT2D eigenvalue weighted by atomic mass is 16.5. The lowest BCUT2D eigenvalue weighted by Gasteiger charge is -2.10. The number of methoxy groups -OCH3 is 2. The topological polar surface area (TPSA) is 63.3 Å². The average Bonchev–Trinajstić information content (AvgIpc) is 2.93. The van der Waals surface area contributed by atoms with Gasteiger partial charge in [0.15, 0.2) is 11.5 Å². The lowest BCUT2D eigenvalue weighted by Crippen LogP contribution is -2.25. The van der Waals surface area contributed by atoms with Crippen molar-refractivity contribution < 1.29 is 14.3 Å². The van der Waals surface area contributed by atoms with Gasteiger partial charge in [0.25, 0.3) is 5.91 Å². The van der Waals surface area contributed by atoms with Crippen LogP contribution in [0.15, 0.2) is 30.5 Å². The number of aromatic nitrogens is 1. The first-order valence-electron chi connectivity index (χ1n) is 6.78. The highest BCUT2D eigenvalue weighted by Gasteiger charge is 2.09. The van der Waals surface area contributed by atoms with Crippen LogP contribution in [0.5, 0.6) is 11.5 Å². The Kier molecular flexibility index (Phi) is 4.87. The second-order valence-electron chi connectivity index (χ2n) is 4.71. The highest BCUT2D eigenvalue weighted by Crippen LogP contribution is 2.27. The first-order chi connectivity index (χ1) is 10.2. The van der Waals surface area contributed by atoms with Crippen LogP contribution in [0, 0.1) is 6.92 Å². The summed E-state index contributed by atoms with van der Waals surface area (Å²) in [4.78, 5) is 15.0. The minimum Gasteiger partial charge on any atom is -0.493 e. The van der Waals surface area contributed by atoms with Crippen LogP contribution in [0.25, 0.3) is 0 Å². The molecule has 112 valence electrons. The Morgan fingerprint density at radius 3 is 2.57 bits per heavy atom. The molecule has 1 aromatic heterocycles. The summed E-state index contributed by atoms with van der Waals surface area (Å²) in [5.41, 5.74) is 2.64. The van der Waals surface area contributed by atoms with Crippen LogP contribution in [0.4, 0.5) is 0 Å². The molecular weight excluding hydrogens is 268 g/mol. The molecule has 0 aliphatic rings. The summed E-state index contributed by atoms with van der Waals surface area (Å²) in [7, 11) is 3.22. The standard InChI is InChI=1S/C16H20N2O3/c1-11-13(7-9-17-11)16(19)18-8-6-12-4-5-14(20-2)15(10-12)21-3/h4-5,7,9-10,17H,6,8H2,1-3H3,(H,18,19). The molecule has 0 aliphatic heterocycles. The van der Waals surface area contributed by atoms with E-state index in [0.717, 1.165) is 17.7 Å². The summed E-state index contributed by atoms with van der Waals surface area (Å²) in [5, 5.41) is 2.91. The second kappa shape index (κ2) is 6.83. The number of hydrogen-bond acceptors (Lipinski definition) is 3. The molecule has 1 amide bonds. The Hall–Kier alpha value is -2.43. The van der Waals surface area contributed by atoms with Gasteiger partial charge in [-0.2, -0.15) is 0 Å². The van der Waals surface area contributed by atoms with Crippen LogP contribution in [0.3, 0.4) is 0 Å². The Morgan fingerprint density at radius 1 is 1.19 bits per heavy atom. The van der Waals surface area contributed by atoms with E-state index < -0.39 is 0 Å². The minimum absolute atomic E-state index is 0.0609. The number of H-pyrrole nitrogens is 1. The van der Waals surface area contributed by atoms with Crippen molar-refractivity contribution in [2.75, 3.05) is 20.8 Å². The fraction of sp³-hybridized carbons (Fsp3) is 0.312. The zero-order valence-corrected chi connectivity index (χ0v) is 12.5. The van der Waals surface area contributed by atoms with Gasteiger partial charge in [-0.05, 0) is 37.1 Å². The van der Waals surface area contributed by atoms with Crippen LogP contribution in [0.1, 0.15) is 21.6 Å². The number of aromatic amines is 1. The molecule has 1 heterocycles. The Morgan fingerprint density at radius 2 is 1.95 bits per heavy atom. The van der Waals surface area contributed by atoms with E-state index in [1.807, 2.05) is 25.1 Å². The number of hydrogen-bond donors (Lipinski definition) is 2. The molecule has 0 saturated carbocycles. The molecular formula is C16H20N2O3. The molecule has 0 spiro atoms. The van der Waals surface area contributed by atoms with Gasteiger partial charge in [-0.15, -0.1) is 0 Å². The van der Waals surface area contributed by atoms with Crippen LogP contribution < -0.4 is 14.8 Å². The molecule has 0 bridgehead atoms. The molecule has 2 aromatic rings. The number of carbonyl (C=O) groups is 1. The molecule has 0 atom stereocenters. The highest BCUT2D eigenvalue weighted by molar-refractivity contribution is 5.95. The zero-order valence-electron chi connectivity index (χ0n) is 12.5. The van der Waals surface area contributed by atoms with Crippen molar-refractivity contribution in [2.24, 2.45) is 0 Å². The Labute approximate surface area is 124 Å². The fourth-order valence-electron chi connectivity index (χ4n) is 2.15. The summed E-state index contributed by atoms with van der Waals surface area (Å²) in [6.45, 7) is 2.45. The molecule has 21 heavy (non-hydrogen) atoms. The monoisotopic (exact) mass is 288 g/mol. The van der Waals surface area contributed by atoms with E-state index in [2.05, 4.69) is 10.3 Å². The number of carbonyl (C=O) groups excluding carboxylic acids is 1. The van der Waals surface area contributed by atoms with Crippen molar-refractivity contribution in [3.8, 4) is 11.5 Å². The predicted octanol–water partition coefficient (Wildman–Crippen LogP) is 2.31. The van der Waals surface area contributed by atoms with Crippen LogP contribution >= 0.6 is 0 Å². The second-order valence-corrected chi connectivity index (χ2v) is 4.71. The smallest absolute Gasteiger partial charge is 0.253 e. The van der Waals surface area contributed by atoms with E-state index in [0.29, 0.717) is 23.6 Å². The van der Waals surface area contributed by atoms with Gasteiger partial charge in [-0.25, -0.2) is 0 Å². The molecule has 2 N–H and O–H groups in total. The molecule has 5 nitrogen and oxygen atoms in total. The maximum absolute atomic E-state index is 12.0. The van der Waals surface area contributed by atoms with Crippen molar-refractivity contribution in [3.05, 3.63) is 47.3 Å². The number of rotatable bonds is 6. The number of aryl methyl sites for hydroxylation is 1. The summed E-state index contributed by atoms with van der Waals surface area (Å²) in [6.07, 6.45) is 2.49. The Bertz CT molecular complexity index is 620. The van der Waals surface area contributed by atoms with Crippen molar-refractivity contribution in [2.45, 2.75) is 13.3 Å². The number of amides is 1. The number of nitrogens with one attached hydrogen (secondary N) is 2. The molecule has 5 heteroatoms. The van der Waals surface area contributed by atoms with Gasteiger partial charge >= 0.3 is 0 Å². The number of benzene rings is 1. The van der Waals surface area contributed by atoms with Crippen LogP contribution in [-0.4, -0.2) is 31.7 Å². The first kappa shape index (κ1) is 15.0. The third-order valence-electron chi connectivity index (χ3n) is 3.35. The van der Waals surface area contributed by atoms with E-state index >= 15 is 0 Å². The van der Waals surface area contributed by atoms with Crippen LogP contribution in [-0.2, 0) is 6.42 Å². The molecule has 0 unspecified atom stereocenters. The summed E-state index contributed by atoms with van der Waals surface area (Å²) in [5.74, 6) is 1.34. The Balaban J connectivity index is 1.92. The van der Waals surface area contributed by atoms with Gasteiger partial charge in [-0.3, -0.25) is 4.79 Å². The quantitative estimate of drug-likeness (QED) is 0.857. The molecule has 0 fully saturated rings. The molecule has 0 saturated heterocycles. The van der Waals surface area contributed by atoms with Gasteiger partial charge in [0.1, 0.15) is 0 Å². The third kappa shape index (κ3) is 3.56. The predicted molar refractivity (Wildman–Crippen MR) is 81.1 cm³/mol. The zero-order chi connectivity index (χ0) is 15.2.